The van der Waals surface area contributed by atoms with Gasteiger partial charge in [-0.1, -0.05) is 5.21 Å². The van der Waals surface area contributed by atoms with Gasteiger partial charge in [-0.25, -0.2) is 14.5 Å². The summed E-state index contributed by atoms with van der Waals surface area (Å²) in [5.41, 5.74) is 2.75. The number of carbonyl (C=O) groups excluding carboxylic acids is 1. The average molecular weight is 346 g/mol. The topological polar surface area (TPSA) is 84.7 Å². The Hall–Kier alpha value is -2.26. The molecule has 0 saturated heterocycles. The maximum atomic E-state index is 11.9. The van der Waals surface area contributed by atoms with Gasteiger partial charge in [0.05, 0.1) is 24.1 Å². The SMILES string of the molecule is O=C(NCc1cn(-c2ccsc2)nn1)Nc1nc(C2CC2)cs1. The first-order valence-electron chi connectivity index (χ1n) is 7.22. The van der Waals surface area contributed by atoms with Gasteiger partial charge in [0.15, 0.2) is 5.13 Å². The predicted molar refractivity (Wildman–Crippen MR) is 89.2 cm³/mol. The Balaban J connectivity index is 1.30. The van der Waals surface area contributed by atoms with Crippen molar-refractivity contribution < 1.29 is 4.79 Å². The summed E-state index contributed by atoms with van der Waals surface area (Å²) in [7, 11) is 0. The Morgan fingerprint density at radius 3 is 3.09 bits per heavy atom. The molecule has 0 unspecified atom stereocenters. The van der Waals surface area contributed by atoms with E-state index in [2.05, 4.69) is 25.9 Å². The van der Waals surface area contributed by atoms with Crippen molar-refractivity contribution in [3.63, 3.8) is 0 Å². The average Bonchev–Trinajstić information content (AvgIpc) is 3.00. The van der Waals surface area contributed by atoms with Gasteiger partial charge in [-0.2, -0.15) is 11.3 Å². The first-order valence-corrected chi connectivity index (χ1v) is 9.04. The number of thiophene rings is 1. The normalized spacial score (nSPS) is 13.9. The smallest absolute Gasteiger partial charge is 0.321 e. The zero-order valence-corrected chi connectivity index (χ0v) is 13.7. The van der Waals surface area contributed by atoms with Gasteiger partial charge in [-0.15, -0.1) is 16.4 Å². The molecule has 1 aliphatic rings. The highest BCUT2D eigenvalue weighted by atomic mass is 32.1. The molecule has 7 nitrogen and oxygen atoms in total. The van der Waals surface area contributed by atoms with Gasteiger partial charge in [0, 0.05) is 16.7 Å². The maximum Gasteiger partial charge on any atom is 0.321 e. The number of aromatic nitrogens is 4. The molecule has 0 radical (unpaired) electrons. The third-order valence-electron chi connectivity index (χ3n) is 3.48. The number of rotatable bonds is 5. The number of nitrogens with zero attached hydrogens (tertiary/aromatic N) is 4. The van der Waals surface area contributed by atoms with E-state index in [1.54, 1.807) is 22.2 Å². The number of nitrogens with one attached hydrogen (secondary N) is 2. The zero-order valence-electron chi connectivity index (χ0n) is 12.1. The number of anilines is 1. The van der Waals surface area contributed by atoms with E-state index in [9.17, 15) is 4.79 Å². The van der Waals surface area contributed by atoms with E-state index in [1.807, 2.05) is 22.2 Å². The Labute approximate surface area is 140 Å². The fourth-order valence-corrected chi connectivity index (χ4v) is 3.53. The van der Waals surface area contributed by atoms with E-state index >= 15 is 0 Å². The highest BCUT2D eigenvalue weighted by Gasteiger charge is 2.26. The Morgan fingerprint density at radius 2 is 2.30 bits per heavy atom. The van der Waals surface area contributed by atoms with E-state index in [0.717, 1.165) is 11.4 Å². The maximum absolute atomic E-state index is 11.9. The van der Waals surface area contributed by atoms with Crippen molar-refractivity contribution in [3.05, 3.63) is 39.8 Å². The van der Waals surface area contributed by atoms with Gasteiger partial charge in [-0.05, 0) is 24.3 Å². The van der Waals surface area contributed by atoms with Crippen LogP contribution >= 0.6 is 22.7 Å². The molecular formula is C14H14N6OS2. The zero-order chi connectivity index (χ0) is 15.6. The molecule has 1 aliphatic carbocycles. The molecule has 0 bridgehead atoms. The monoisotopic (exact) mass is 346 g/mol. The third kappa shape index (κ3) is 3.40. The predicted octanol–water partition coefficient (Wildman–Crippen LogP) is 2.98. The Morgan fingerprint density at radius 1 is 1.39 bits per heavy atom. The number of urea groups is 1. The summed E-state index contributed by atoms with van der Waals surface area (Å²) in [6, 6.07) is 1.68. The molecule has 0 aromatic carbocycles. The van der Waals surface area contributed by atoms with Crippen LogP contribution in [0.25, 0.3) is 5.69 Å². The summed E-state index contributed by atoms with van der Waals surface area (Å²) >= 11 is 3.05. The summed E-state index contributed by atoms with van der Waals surface area (Å²) in [6.45, 7) is 0.316. The molecule has 4 rings (SSSR count). The van der Waals surface area contributed by atoms with Crippen molar-refractivity contribution in [1.82, 2.24) is 25.3 Å². The van der Waals surface area contributed by atoms with Gasteiger partial charge in [0.25, 0.3) is 0 Å². The number of carbonyl (C=O) groups is 1. The van der Waals surface area contributed by atoms with Gasteiger partial charge >= 0.3 is 6.03 Å². The van der Waals surface area contributed by atoms with E-state index in [1.165, 1.54) is 24.2 Å². The number of thiazole rings is 1. The molecule has 3 aromatic rings. The number of hydrogen-bond acceptors (Lipinski definition) is 6. The molecular weight excluding hydrogens is 332 g/mol. The van der Waals surface area contributed by atoms with Gasteiger partial charge in [0.2, 0.25) is 0 Å². The van der Waals surface area contributed by atoms with Crippen molar-refractivity contribution in [2.45, 2.75) is 25.3 Å². The molecule has 0 spiro atoms. The largest absolute Gasteiger partial charge is 0.332 e. The molecule has 2 N–H and O–H groups in total. The molecule has 1 saturated carbocycles. The van der Waals surface area contributed by atoms with Crippen molar-refractivity contribution >= 4 is 33.8 Å². The minimum Gasteiger partial charge on any atom is -0.332 e. The summed E-state index contributed by atoms with van der Waals surface area (Å²) in [5.74, 6) is 0.594. The molecule has 23 heavy (non-hydrogen) atoms. The molecule has 2 amide bonds. The van der Waals surface area contributed by atoms with E-state index < -0.39 is 0 Å². The molecule has 1 fully saturated rings. The van der Waals surface area contributed by atoms with Crippen LogP contribution in [0.5, 0.6) is 0 Å². The second-order valence-corrected chi connectivity index (χ2v) is 6.93. The quantitative estimate of drug-likeness (QED) is 0.744. The highest BCUT2D eigenvalue weighted by molar-refractivity contribution is 7.13. The summed E-state index contributed by atoms with van der Waals surface area (Å²) in [6.07, 6.45) is 4.21. The molecule has 0 atom stereocenters. The summed E-state index contributed by atoms with van der Waals surface area (Å²) < 4.78 is 1.69. The van der Waals surface area contributed by atoms with E-state index in [0.29, 0.717) is 23.3 Å². The van der Waals surface area contributed by atoms with Crippen LogP contribution in [0.3, 0.4) is 0 Å². The molecule has 0 aliphatic heterocycles. The lowest BCUT2D eigenvalue weighted by Gasteiger charge is -2.02. The highest BCUT2D eigenvalue weighted by Crippen LogP contribution is 2.40. The van der Waals surface area contributed by atoms with Crippen LogP contribution in [0, 0.1) is 0 Å². The van der Waals surface area contributed by atoms with E-state index in [4.69, 9.17) is 0 Å². The molecule has 3 aromatic heterocycles. The van der Waals surface area contributed by atoms with Crippen molar-refractivity contribution in [2.75, 3.05) is 5.32 Å². The first kappa shape index (κ1) is 14.3. The standard InChI is InChI=1S/C14H14N6OS2/c21-13(17-14-16-12(8-23-14)9-1-2-9)15-5-10-6-20(19-18-10)11-3-4-22-7-11/h3-4,6-9H,1-2,5H2,(H2,15,16,17,21). The molecule has 3 heterocycles. The lowest BCUT2D eigenvalue weighted by molar-refractivity contribution is 0.251. The molecule has 118 valence electrons. The Kier molecular flexibility index (Phi) is 3.80. The third-order valence-corrected chi connectivity index (χ3v) is 4.93. The molecule has 9 heteroatoms. The minimum atomic E-state index is -0.285. The van der Waals surface area contributed by atoms with Crippen LogP contribution in [0.4, 0.5) is 9.93 Å². The van der Waals surface area contributed by atoms with Crippen LogP contribution in [-0.2, 0) is 6.54 Å². The van der Waals surface area contributed by atoms with Crippen LogP contribution in [0.2, 0.25) is 0 Å². The van der Waals surface area contributed by atoms with Crippen molar-refractivity contribution in [2.24, 2.45) is 0 Å². The van der Waals surface area contributed by atoms with Crippen molar-refractivity contribution in [1.29, 1.82) is 0 Å². The lowest BCUT2D eigenvalue weighted by Crippen LogP contribution is -2.28. The van der Waals surface area contributed by atoms with Gasteiger partial charge in [0.1, 0.15) is 5.69 Å². The van der Waals surface area contributed by atoms with Gasteiger partial charge < -0.3 is 5.32 Å². The Bertz CT molecular complexity index is 805. The fourth-order valence-electron chi connectivity index (χ4n) is 2.12. The van der Waals surface area contributed by atoms with E-state index in [-0.39, 0.29) is 6.03 Å². The number of amides is 2. The fraction of sp³-hybridized carbons (Fsp3) is 0.286. The second kappa shape index (κ2) is 6.09. The second-order valence-electron chi connectivity index (χ2n) is 5.30. The number of hydrogen-bond donors (Lipinski definition) is 2. The lowest BCUT2D eigenvalue weighted by atomic mass is 10.3. The van der Waals surface area contributed by atoms with Crippen LogP contribution in [0.1, 0.15) is 30.1 Å². The summed E-state index contributed by atoms with van der Waals surface area (Å²) in [4.78, 5) is 16.3. The van der Waals surface area contributed by atoms with Crippen molar-refractivity contribution in [3.8, 4) is 5.69 Å². The first-order chi connectivity index (χ1) is 11.3. The van der Waals surface area contributed by atoms with Crippen LogP contribution in [-0.4, -0.2) is 26.0 Å². The summed E-state index contributed by atoms with van der Waals surface area (Å²) in [5, 5.41) is 20.2. The minimum absolute atomic E-state index is 0.285. The van der Waals surface area contributed by atoms with Crippen LogP contribution < -0.4 is 10.6 Å². The van der Waals surface area contributed by atoms with Crippen LogP contribution in [0.15, 0.2) is 28.4 Å². The van der Waals surface area contributed by atoms with Gasteiger partial charge in [-0.3, -0.25) is 5.32 Å².